The van der Waals surface area contributed by atoms with Gasteiger partial charge in [0.15, 0.2) is 0 Å². The number of hydrogen-bond acceptors (Lipinski definition) is 3. The van der Waals surface area contributed by atoms with Crippen molar-refractivity contribution < 1.29 is 19.5 Å². The van der Waals surface area contributed by atoms with Gasteiger partial charge in [0.2, 0.25) is 11.8 Å². The Morgan fingerprint density at radius 3 is 2.08 bits per heavy atom. The van der Waals surface area contributed by atoms with Gasteiger partial charge in [-0.15, -0.1) is 0 Å². The standard InChI is InChI=1S/C18H32N2O4/c1-11(2)9-15(18(23)24)20-16(21)10-19-17(22)14-7-5-13(6-8-14)12(3)4/h11-15H,5-10H2,1-4H3,(H,19,22)(H,20,21)(H,23,24)/t13?,14?,15-/m0/s1. The first-order chi connectivity index (χ1) is 11.2. The smallest absolute Gasteiger partial charge is 0.326 e. The number of nitrogens with one attached hydrogen (secondary N) is 2. The fourth-order valence-corrected chi connectivity index (χ4v) is 3.30. The molecule has 0 bridgehead atoms. The van der Waals surface area contributed by atoms with Crippen molar-refractivity contribution in [3.05, 3.63) is 0 Å². The lowest BCUT2D eigenvalue weighted by Crippen LogP contribution is -2.47. The molecular formula is C18H32N2O4. The van der Waals surface area contributed by atoms with Gasteiger partial charge in [-0.05, 0) is 49.9 Å². The number of hydrogen-bond donors (Lipinski definition) is 3. The lowest BCUT2D eigenvalue weighted by atomic mass is 9.77. The summed E-state index contributed by atoms with van der Waals surface area (Å²) in [4.78, 5) is 35.2. The van der Waals surface area contributed by atoms with E-state index in [4.69, 9.17) is 5.11 Å². The molecule has 0 spiro atoms. The molecule has 0 saturated heterocycles. The van der Waals surface area contributed by atoms with Crippen LogP contribution in [0.3, 0.4) is 0 Å². The molecule has 0 aliphatic heterocycles. The summed E-state index contributed by atoms with van der Waals surface area (Å²) in [5, 5.41) is 14.2. The summed E-state index contributed by atoms with van der Waals surface area (Å²) in [5.41, 5.74) is 0. The molecule has 0 aromatic carbocycles. The van der Waals surface area contributed by atoms with Gasteiger partial charge in [0, 0.05) is 5.92 Å². The number of aliphatic carboxylic acids is 1. The van der Waals surface area contributed by atoms with Crippen LogP contribution in [0.2, 0.25) is 0 Å². The Bertz CT molecular complexity index is 440. The van der Waals surface area contributed by atoms with E-state index in [2.05, 4.69) is 24.5 Å². The second-order valence-corrected chi connectivity index (χ2v) is 7.66. The van der Waals surface area contributed by atoms with Gasteiger partial charge < -0.3 is 15.7 Å². The zero-order valence-corrected chi connectivity index (χ0v) is 15.3. The van der Waals surface area contributed by atoms with Crippen molar-refractivity contribution in [3.63, 3.8) is 0 Å². The van der Waals surface area contributed by atoms with Crippen LogP contribution in [0.5, 0.6) is 0 Å². The molecule has 1 rings (SSSR count). The minimum Gasteiger partial charge on any atom is -0.480 e. The summed E-state index contributed by atoms with van der Waals surface area (Å²) < 4.78 is 0. The maximum Gasteiger partial charge on any atom is 0.326 e. The molecule has 1 saturated carbocycles. The van der Waals surface area contributed by atoms with E-state index in [9.17, 15) is 14.4 Å². The van der Waals surface area contributed by atoms with Crippen LogP contribution in [0.4, 0.5) is 0 Å². The van der Waals surface area contributed by atoms with Gasteiger partial charge in [0.25, 0.3) is 0 Å². The SMILES string of the molecule is CC(C)C[C@H](NC(=O)CNC(=O)C1CCC(C(C)C)CC1)C(=O)O. The molecule has 1 fully saturated rings. The first kappa shape index (κ1) is 20.5. The molecule has 0 heterocycles. The lowest BCUT2D eigenvalue weighted by molar-refractivity contribution is -0.142. The van der Waals surface area contributed by atoms with Gasteiger partial charge in [-0.2, -0.15) is 0 Å². The molecule has 24 heavy (non-hydrogen) atoms. The van der Waals surface area contributed by atoms with Gasteiger partial charge >= 0.3 is 5.97 Å². The summed E-state index contributed by atoms with van der Waals surface area (Å²) in [6.45, 7) is 8.07. The molecule has 0 aromatic rings. The molecule has 6 nitrogen and oxygen atoms in total. The van der Waals surface area contributed by atoms with Crippen molar-refractivity contribution in [2.75, 3.05) is 6.54 Å². The third-order valence-corrected chi connectivity index (χ3v) is 4.85. The highest BCUT2D eigenvalue weighted by Gasteiger charge is 2.28. The summed E-state index contributed by atoms with van der Waals surface area (Å²) >= 11 is 0. The predicted molar refractivity (Wildman–Crippen MR) is 92.3 cm³/mol. The zero-order chi connectivity index (χ0) is 18.3. The molecule has 0 unspecified atom stereocenters. The Balaban J connectivity index is 2.36. The zero-order valence-electron chi connectivity index (χ0n) is 15.3. The van der Waals surface area contributed by atoms with E-state index in [1.165, 1.54) is 0 Å². The fourth-order valence-electron chi connectivity index (χ4n) is 3.30. The quantitative estimate of drug-likeness (QED) is 0.631. The van der Waals surface area contributed by atoms with E-state index in [-0.39, 0.29) is 24.3 Å². The Kier molecular flexibility index (Phi) is 8.22. The van der Waals surface area contributed by atoms with Crippen molar-refractivity contribution in [1.82, 2.24) is 10.6 Å². The van der Waals surface area contributed by atoms with Crippen LogP contribution in [0.15, 0.2) is 0 Å². The number of carboxylic acids is 1. The van der Waals surface area contributed by atoms with Crippen LogP contribution < -0.4 is 10.6 Å². The Morgan fingerprint density at radius 2 is 1.62 bits per heavy atom. The number of rotatable bonds is 8. The third-order valence-electron chi connectivity index (χ3n) is 4.85. The Hall–Kier alpha value is -1.59. The number of carbonyl (C=O) groups is 3. The largest absolute Gasteiger partial charge is 0.480 e. The lowest BCUT2D eigenvalue weighted by Gasteiger charge is -2.30. The van der Waals surface area contributed by atoms with Crippen LogP contribution in [-0.2, 0) is 14.4 Å². The molecule has 0 radical (unpaired) electrons. The molecule has 138 valence electrons. The summed E-state index contributed by atoms with van der Waals surface area (Å²) in [6.07, 6.45) is 4.20. The normalized spacial score (nSPS) is 22.2. The molecule has 0 aromatic heterocycles. The highest BCUT2D eigenvalue weighted by molar-refractivity contribution is 5.88. The Morgan fingerprint density at radius 1 is 1.04 bits per heavy atom. The predicted octanol–water partition coefficient (Wildman–Crippen LogP) is 2.18. The summed E-state index contributed by atoms with van der Waals surface area (Å²) in [7, 11) is 0. The van der Waals surface area contributed by atoms with E-state index in [1.54, 1.807) is 0 Å². The maximum absolute atomic E-state index is 12.2. The minimum atomic E-state index is -1.05. The third kappa shape index (κ3) is 6.89. The van der Waals surface area contributed by atoms with Crippen LogP contribution >= 0.6 is 0 Å². The molecular weight excluding hydrogens is 308 g/mol. The molecule has 6 heteroatoms. The molecule has 2 amide bonds. The minimum absolute atomic E-state index is 0.0289. The van der Waals surface area contributed by atoms with Crippen molar-refractivity contribution >= 4 is 17.8 Å². The second-order valence-electron chi connectivity index (χ2n) is 7.66. The topological polar surface area (TPSA) is 95.5 Å². The molecule has 3 N–H and O–H groups in total. The van der Waals surface area contributed by atoms with Crippen molar-refractivity contribution in [2.45, 2.75) is 65.8 Å². The van der Waals surface area contributed by atoms with E-state index in [1.807, 2.05) is 13.8 Å². The molecule has 1 aliphatic rings. The van der Waals surface area contributed by atoms with E-state index < -0.39 is 17.9 Å². The fraction of sp³-hybridized carbons (Fsp3) is 0.833. The monoisotopic (exact) mass is 340 g/mol. The number of carbonyl (C=O) groups excluding carboxylic acids is 2. The Labute approximate surface area is 144 Å². The van der Waals surface area contributed by atoms with Crippen molar-refractivity contribution in [2.24, 2.45) is 23.7 Å². The average Bonchev–Trinajstić information content (AvgIpc) is 2.51. The van der Waals surface area contributed by atoms with Crippen LogP contribution in [0.1, 0.15) is 59.8 Å². The molecule has 1 aliphatic carbocycles. The van der Waals surface area contributed by atoms with Crippen LogP contribution in [0, 0.1) is 23.7 Å². The van der Waals surface area contributed by atoms with Gasteiger partial charge in [-0.25, -0.2) is 4.79 Å². The van der Waals surface area contributed by atoms with Gasteiger partial charge in [0.1, 0.15) is 6.04 Å². The summed E-state index contributed by atoms with van der Waals surface area (Å²) in [5.74, 6) is -0.125. The van der Waals surface area contributed by atoms with Gasteiger partial charge in [0.05, 0.1) is 6.54 Å². The van der Waals surface area contributed by atoms with Crippen molar-refractivity contribution in [3.8, 4) is 0 Å². The van der Waals surface area contributed by atoms with E-state index >= 15 is 0 Å². The van der Waals surface area contributed by atoms with E-state index in [0.717, 1.165) is 25.7 Å². The van der Waals surface area contributed by atoms with Crippen LogP contribution in [-0.4, -0.2) is 35.5 Å². The van der Waals surface area contributed by atoms with E-state index in [0.29, 0.717) is 18.3 Å². The molecule has 1 atom stereocenters. The summed E-state index contributed by atoms with van der Waals surface area (Å²) in [6, 6.07) is -0.907. The maximum atomic E-state index is 12.2. The number of carboxylic acid groups (broad SMARTS) is 1. The first-order valence-corrected chi connectivity index (χ1v) is 9.00. The second kappa shape index (κ2) is 9.64. The van der Waals surface area contributed by atoms with Crippen molar-refractivity contribution in [1.29, 1.82) is 0 Å². The average molecular weight is 340 g/mol. The first-order valence-electron chi connectivity index (χ1n) is 9.00. The van der Waals surface area contributed by atoms with Gasteiger partial charge in [-0.1, -0.05) is 27.7 Å². The highest BCUT2D eigenvalue weighted by Crippen LogP contribution is 2.33. The van der Waals surface area contributed by atoms with Gasteiger partial charge in [-0.3, -0.25) is 9.59 Å². The van der Waals surface area contributed by atoms with Crippen LogP contribution in [0.25, 0.3) is 0 Å². The number of amides is 2. The highest BCUT2D eigenvalue weighted by atomic mass is 16.4.